The molecule has 0 saturated heterocycles. The molecular formula is C35H33F3N6O2. The van der Waals surface area contributed by atoms with Crippen LogP contribution in [-0.2, 0) is 11.0 Å². The number of halogens is 3. The summed E-state index contributed by atoms with van der Waals surface area (Å²) < 4.78 is 41.6. The highest BCUT2D eigenvalue weighted by atomic mass is 19.4. The van der Waals surface area contributed by atoms with E-state index in [1.165, 1.54) is 17.7 Å². The number of benzene rings is 3. The van der Waals surface area contributed by atoms with Crippen molar-refractivity contribution in [1.29, 1.82) is 0 Å². The van der Waals surface area contributed by atoms with Crippen LogP contribution in [0.25, 0.3) is 22.0 Å². The number of hydrogen-bond acceptors (Lipinski definition) is 6. The van der Waals surface area contributed by atoms with Crippen molar-refractivity contribution in [1.82, 2.24) is 19.7 Å². The van der Waals surface area contributed by atoms with Gasteiger partial charge < -0.3 is 15.7 Å². The molecule has 5 aromatic rings. The quantitative estimate of drug-likeness (QED) is 0.161. The molecule has 7 rings (SSSR count). The standard InChI is InChI=1S/C35H33F3N6O2/c1-20(22-3-2-4-25(14-22)35(36,37)38)33(46)41-26-8-11-30(21-5-6-21)31(15-26)23-7-12-32-24(13-23)17-39-34(43-32)42-27-18-40-44(19-27)28-9-10-29(45)16-28/h2-4,7-8,11-15,17-21,28-29,45H,5-6,9-10,16H2,1H3,(H,41,46)(H,39,42,43). The van der Waals surface area contributed by atoms with Crippen molar-refractivity contribution in [2.24, 2.45) is 0 Å². The predicted octanol–water partition coefficient (Wildman–Crippen LogP) is 7.96. The van der Waals surface area contributed by atoms with E-state index in [1.54, 1.807) is 19.3 Å². The predicted molar refractivity (Wildman–Crippen MR) is 170 cm³/mol. The zero-order valence-corrected chi connectivity index (χ0v) is 25.1. The molecule has 2 aliphatic carbocycles. The Bertz CT molecular complexity index is 1920. The number of rotatable bonds is 8. The van der Waals surface area contributed by atoms with Crippen molar-refractivity contribution < 1.29 is 23.1 Å². The Balaban J connectivity index is 1.10. The first-order valence-electron chi connectivity index (χ1n) is 15.5. The lowest BCUT2D eigenvalue weighted by Crippen LogP contribution is -2.19. The number of nitrogens with one attached hydrogen (secondary N) is 2. The zero-order valence-electron chi connectivity index (χ0n) is 25.1. The van der Waals surface area contributed by atoms with Crippen molar-refractivity contribution in [3.63, 3.8) is 0 Å². The van der Waals surface area contributed by atoms with Crippen LogP contribution in [0.15, 0.2) is 79.3 Å². The van der Waals surface area contributed by atoms with Crippen LogP contribution in [0, 0.1) is 0 Å². The third-order valence-electron chi connectivity index (χ3n) is 8.95. The van der Waals surface area contributed by atoms with Crippen LogP contribution in [0.1, 0.15) is 73.6 Å². The van der Waals surface area contributed by atoms with E-state index in [0.29, 0.717) is 29.5 Å². The lowest BCUT2D eigenvalue weighted by Gasteiger charge is -2.17. The highest BCUT2D eigenvalue weighted by Gasteiger charge is 2.31. The third-order valence-corrected chi connectivity index (χ3v) is 8.95. The van der Waals surface area contributed by atoms with Crippen LogP contribution < -0.4 is 10.6 Å². The summed E-state index contributed by atoms with van der Waals surface area (Å²) in [5.74, 6) is -0.276. The highest BCUT2D eigenvalue weighted by molar-refractivity contribution is 5.96. The number of carbonyl (C=O) groups excluding carboxylic acids is 1. The first-order chi connectivity index (χ1) is 22.1. The lowest BCUT2D eigenvalue weighted by molar-refractivity contribution is -0.137. The maximum absolute atomic E-state index is 13.2. The van der Waals surface area contributed by atoms with E-state index < -0.39 is 17.7 Å². The molecule has 0 bridgehead atoms. The second-order valence-corrected chi connectivity index (χ2v) is 12.3. The summed E-state index contributed by atoms with van der Waals surface area (Å²) in [6, 6.07) is 16.9. The smallest absolute Gasteiger partial charge is 0.393 e. The second-order valence-electron chi connectivity index (χ2n) is 12.3. The normalized spacial score (nSPS) is 18.9. The number of aliphatic hydroxyl groups excluding tert-OH is 1. The fourth-order valence-electron chi connectivity index (χ4n) is 6.19. The molecule has 3 aromatic carbocycles. The molecule has 3 atom stereocenters. The molecule has 2 saturated carbocycles. The fourth-order valence-corrected chi connectivity index (χ4v) is 6.19. The maximum atomic E-state index is 13.2. The molecule has 236 valence electrons. The minimum atomic E-state index is -4.48. The van der Waals surface area contributed by atoms with E-state index in [0.717, 1.165) is 65.5 Å². The Morgan fingerprint density at radius 1 is 1.00 bits per heavy atom. The van der Waals surface area contributed by atoms with Gasteiger partial charge in [0.05, 0.1) is 41.0 Å². The molecule has 11 heteroatoms. The summed E-state index contributed by atoms with van der Waals surface area (Å²) >= 11 is 0. The van der Waals surface area contributed by atoms with Gasteiger partial charge in [0.25, 0.3) is 0 Å². The Kier molecular flexibility index (Phi) is 7.72. The SMILES string of the molecule is CC(C(=O)Nc1ccc(C2CC2)c(-c2ccc3nc(Nc4cnn(C5CCC(O)C5)c4)ncc3c2)c1)c1cccc(C(F)(F)F)c1. The minimum Gasteiger partial charge on any atom is -0.393 e. The number of aromatic nitrogens is 4. The van der Waals surface area contributed by atoms with Crippen LogP contribution in [0.5, 0.6) is 0 Å². The van der Waals surface area contributed by atoms with Crippen LogP contribution in [0.3, 0.4) is 0 Å². The van der Waals surface area contributed by atoms with E-state index in [-0.39, 0.29) is 18.1 Å². The van der Waals surface area contributed by atoms with Crippen molar-refractivity contribution in [2.75, 3.05) is 10.6 Å². The fraction of sp³-hybridized carbons (Fsp3) is 0.314. The average molecular weight is 627 g/mol. The van der Waals surface area contributed by atoms with Gasteiger partial charge in [-0.05, 0) is 97.5 Å². The van der Waals surface area contributed by atoms with Gasteiger partial charge in [0.2, 0.25) is 11.9 Å². The van der Waals surface area contributed by atoms with Crippen LogP contribution in [0.2, 0.25) is 0 Å². The number of aliphatic hydroxyl groups is 1. The second kappa shape index (κ2) is 11.9. The first-order valence-corrected chi connectivity index (χ1v) is 15.5. The van der Waals surface area contributed by atoms with Crippen LogP contribution >= 0.6 is 0 Å². The number of carbonyl (C=O) groups is 1. The molecule has 0 radical (unpaired) electrons. The number of amides is 1. The number of alkyl halides is 3. The summed E-state index contributed by atoms with van der Waals surface area (Å²) in [4.78, 5) is 22.4. The minimum absolute atomic E-state index is 0.188. The van der Waals surface area contributed by atoms with Crippen molar-refractivity contribution in [3.8, 4) is 11.1 Å². The summed E-state index contributed by atoms with van der Waals surface area (Å²) in [6.45, 7) is 1.60. The Morgan fingerprint density at radius 2 is 1.85 bits per heavy atom. The molecule has 2 aromatic heterocycles. The van der Waals surface area contributed by atoms with Gasteiger partial charge in [-0.3, -0.25) is 9.48 Å². The molecule has 3 N–H and O–H groups in total. The van der Waals surface area contributed by atoms with Crippen LogP contribution in [-0.4, -0.2) is 36.9 Å². The maximum Gasteiger partial charge on any atom is 0.416 e. The molecule has 1 amide bonds. The Morgan fingerprint density at radius 3 is 2.61 bits per heavy atom. The van der Waals surface area contributed by atoms with Crippen molar-refractivity contribution in [3.05, 3.63) is 95.9 Å². The average Bonchev–Trinajstić information content (AvgIpc) is 3.63. The van der Waals surface area contributed by atoms with Crippen molar-refractivity contribution in [2.45, 2.75) is 69.2 Å². The van der Waals surface area contributed by atoms with E-state index in [4.69, 9.17) is 4.98 Å². The van der Waals surface area contributed by atoms with Gasteiger partial charge in [-0.15, -0.1) is 0 Å². The Hall–Kier alpha value is -4.77. The van der Waals surface area contributed by atoms with Gasteiger partial charge in [0, 0.05) is 23.5 Å². The van der Waals surface area contributed by atoms with E-state index >= 15 is 0 Å². The number of anilines is 3. The highest BCUT2D eigenvalue weighted by Crippen LogP contribution is 2.45. The van der Waals surface area contributed by atoms with Gasteiger partial charge in [-0.1, -0.05) is 30.3 Å². The summed E-state index contributed by atoms with van der Waals surface area (Å²) in [5, 5.41) is 21.3. The summed E-state index contributed by atoms with van der Waals surface area (Å²) in [7, 11) is 0. The zero-order chi connectivity index (χ0) is 32.0. The molecule has 0 spiro atoms. The molecule has 3 unspecified atom stereocenters. The number of fused-ring (bicyclic) bond motifs is 1. The molecular weight excluding hydrogens is 593 g/mol. The van der Waals surface area contributed by atoms with E-state index in [1.807, 2.05) is 47.3 Å². The molecule has 0 aliphatic heterocycles. The number of nitrogens with zero attached hydrogens (tertiary/aromatic N) is 4. The van der Waals surface area contributed by atoms with Gasteiger partial charge >= 0.3 is 6.18 Å². The molecule has 46 heavy (non-hydrogen) atoms. The lowest BCUT2D eigenvalue weighted by atomic mass is 9.94. The third kappa shape index (κ3) is 6.32. The number of hydrogen-bond donors (Lipinski definition) is 3. The monoisotopic (exact) mass is 626 g/mol. The molecule has 2 aliphatic rings. The van der Waals surface area contributed by atoms with E-state index in [2.05, 4.69) is 20.7 Å². The van der Waals surface area contributed by atoms with Crippen LogP contribution in [0.4, 0.5) is 30.5 Å². The Labute approximate surface area is 263 Å². The van der Waals surface area contributed by atoms with E-state index in [9.17, 15) is 23.1 Å². The molecule has 8 nitrogen and oxygen atoms in total. The van der Waals surface area contributed by atoms with Gasteiger partial charge in [-0.2, -0.15) is 18.3 Å². The molecule has 2 fully saturated rings. The first kappa shape index (κ1) is 29.9. The van der Waals surface area contributed by atoms with Crippen molar-refractivity contribution >= 4 is 34.1 Å². The van der Waals surface area contributed by atoms with Gasteiger partial charge in [0.15, 0.2) is 0 Å². The largest absolute Gasteiger partial charge is 0.416 e. The molecule has 2 heterocycles. The topological polar surface area (TPSA) is 105 Å². The summed E-state index contributed by atoms with van der Waals surface area (Å²) in [5.41, 5.74) is 4.77. The van der Waals surface area contributed by atoms with Gasteiger partial charge in [-0.25, -0.2) is 9.97 Å². The summed E-state index contributed by atoms with van der Waals surface area (Å²) in [6.07, 6.45) is 5.22. The van der Waals surface area contributed by atoms with Gasteiger partial charge in [0.1, 0.15) is 0 Å².